The van der Waals surface area contributed by atoms with Crippen LogP contribution >= 0.6 is 0 Å². The van der Waals surface area contributed by atoms with Crippen LogP contribution in [0.3, 0.4) is 0 Å². The van der Waals surface area contributed by atoms with E-state index < -0.39 is 17.6 Å². The lowest BCUT2D eigenvalue weighted by Gasteiger charge is -2.38. The molecule has 14 heavy (non-hydrogen) atoms. The molecule has 0 aliphatic heterocycles. The molecule has 0 spiro atoms. The number of hydrogen-bond acceptors (Lipinski definition) is 1. The highest BCUT2D eigenvalue weighted by atomic mass is 19.4. The van der Waals surface area contributed by atoms with Crippen LogP contribution in [0.4, 0.5) is 13.2 Å². The minimum atomic E-state index is -4.06. The minimum absolute atomic E-state index is 0.115. The fraction of sp³-hybridized carbons (Fsp3) is 1.00. The standard InChI is InChI=1S/C10H18F3N/c1-2-5-9(14)6-3-4-8(7-9)10(11,12)13/h8H,2-7,14H2,1H3. The zero-order valence-electron chi connectivity index (χ0n) is 8.53. The second-order valence-electron chi connectivity index (χ2n) is 4.45. The highest BCUT2D eigenvalue weighted by Gasteiger charge is 2.45. The van der Waals surface area contributed by atoms with Gasteiger partial charge in [0.1, 0.15) is 0 Å². The molecule has 1 saturated carbocycles. The Bertz CT molecular complexity index is 186. The maximum atomic E-state index is 12.5. The first kappa shape index (κ1) is 11.8. The molecule has 0 aromatic heterocycles. The van der Waals surface area contributed by atoms with Crippen molar-refractivity contribution < 1.29 is 13.2 Å². The van der Waals surface area contributed by atoms with Crippen LogP contribution in [0, 0.1) is 5.92 Å². The van der Waals surface area contributed by atoms with E-state index in [0.29, 0.717) is 12.8 Å². The third kappa shape index (κ3) is 2.87. The van der Waals surface area contributed by atoms with Crippen LogP contribution in [-0.4, -0.2) is 11.7 Å². The average Bonchev–Trinajstić information content (AvgIpc) is 2.02. The lowest BCUT2D eigenvalue weighted by atomic mass is 9.74. The highest BCUT2D eigenvalue weighted by Crippen LogP contribution is 2.42. The number of hydrogen-bond donors (Lipinski definition) is 1. The molecule has 0 radical (unpaired) electrons. The van der Waals surface area contributed by atoms with Crippen LogP contribution in [0.25, 0.3) is 0 Å². The molecule has 1 aliphatic carbocycles. The molecule has 2 atom stereocenters. The number of rotatable bonds is 2. The second kappa shape index (κ2) is 4.09. The molecule has 0 heterocycles. The number of halogens is 3. The zero-order valence-corrected chi connectivity index (χ0v) is 8.53. The quantitative estimate of drug-likeness (QED) is 0.742. The molecule has 1 nitrogen and oxygen atoms in total. The van der Waals surface area contributed by atoms with Crippen LogP contribution < -0.4 is 5.73 Å². The van der Waals surface area contributed by atoms with Crippen LogP contribution in [-0.2, 0) is 0 Å². The number of nitrogens with two attached hydrogens (primary N) is 1. The highest BCUT2D eigenvalue weighted by molar-refractivity contribution is 4.92. The Morgan fingerprint density at radius 1 is 1.43 bits per heavy atom. The Kier molecular flexibility index (Phi) is 3.45. The summed E-state index contributed by atoms with van der Waals surface area (Å²) in [6.07, 6.45) is -0.760. The smallest absolute Gasteiger partial charge is 0.325 e. The van der Waals surface area contributed by atoms with Gasteiger partial charge in [-0.05, 0) is 25.7 Å². The Morgan fingerprint density at radius 3 is 2.57 bits per heavy atom. The van der Waals surface area contributed by atoms with E-state index in [9.17, 15) is 13.2 Å². The van der Waals surface area contributed by atoms with Crippen molar-refractivity contribution in [2.24, 2.45) is 11.7 Å². The van der Waals surface area contributed by atoms with Gasteiger partial charge in [-0.1, -0.05) is 19.8 Å². The van der Waals surface area contributed by atoms with Gasteiger partial charge in [-0.2, -0.15) is 13.2 Å². The first-order valence-electron chi connectivity index (χ1n) is 5.23. The van der Waals surface area contributed by atoms with Crippen molar-refractivity contribution in [3.05, 3.63) is 0 Å². The lowest BCUT2D eigenvalue weighted by Crippen LogP contribution is -2.47. The van der Waals surface area contributed by atoms with E-state index in [0.717, 1.165) is 12.8 Å². The van der Waals surface area contributed by atoms with Crippen molar-refractivity contribution in [1.82, 2.24) is 0 Å². The van der Waals surface area contributed by atoms with Gasteiger partial charge in [0, 0.05) is 5.54 Å². The van der Waals surface area contributed by atoms with Crippen LogP contribution in [0.1, 0.15) is 45.4 Å². The first-order chi connectivity index (χ1) is 6.37. The van der Waals surface area contributed by atoms with E-state index in [1.54, 1.807) is 0 Å². The summed E-state index contributed by atoms with van der Waals surface area (Å²) >= 11 is 0. The number of alkyl halides is 3. The monoisotopic (exact) mass is 209 g/mol. The maximum Gasteiger partial charge on any atom is 0.391 e. The van der Waals surface area contributed by atoms with Gasteiger partial charge >= 0.3 is 6.18 Å². The molecular weight excluding hydrogens is 191 g/mol. The van der Waals surface area contributed by atoms with Crippen LogP contribution in [0.5, 0.6) is 0 Å². The Morgan fingerprint density at radius 2 is 2.07 bits per heavy atom. The summed E-state index contributed by atoms with van der Waals surface area (Å²) < 4.78 is 37.4. The second-order valence-corrected chi connectivity index (χ2v) is 4.45. The largest absolute Gasteiger partial charge is 0.391 e. The molecule has 1 rings (SSSR count). The molecule has 0 saturated heterocycles. The predicted molar refractivity (Wildman–Crippen MR) is 49.8 cm³/mol. The molecule has 0 aromatic carbocycles. The van der Waals surface area contributed by atoms with Gasteiger partial charge in [0.2, 0.25) is 0 Å². The minimum Gasteiger partial charge on any atom is -0.325 e. The molecule has 84 valence electrons. The molecular formula is C10H18F3N. The van der Waals surface area contributed by atoms with Crippen molar-refractivity contribution >= 4 is 0 Å². The van der Waals surface area contributed by atoms with Crippen LogP contribution in [0.2, 0.25) is 0 Å². The lowest BCUT2D eigenvalue weighted by molar-refractivity contribution is -0.187. The van der Waals surface area contributed by atoms with Crippen LogP contribution in [0.15, 0.2) is 0 Å². The van der Waals surface area contributed by atoms with Crippen molar-refractivity contribution in [2.45, 2.75) is 57.2 Å². The normalized spacial score (nSPS) is 34.5. The van der Waals surface area contributed by atoms with E-state index >= 15 is 0 Å². The van der Waals surface area contributed by atoms with Crippen molar-refractivity contribution in [1.29, 1.82) is 0 Å². The Balaban J connectivity index is 2.59. The van der Waals surface area contributed by atoms with E-state index in [1.807, 2.05) is 6.92 Å². The van der Waals surface area contributed by atoms with Gasteiger partial charge in [-0.3, -0.25) is 0 Å². The molecule has 4 heteroatoms. The topological polar surface area (TPSA) is 26.0 Å². The van der Waals surface area contributed by atoms with E-state index in [2.05, 4.69) is 0 Å². The molecule has 0 amide bonds. The summed E-state index contributed by atoms with van der Waals surface area (Å²) in [5.41, 5.74) is 5.39. The van der Waals surface area contributed by atoms with E-state index in [-0.39, 0.29) is 12.8 Å². The van der Waals surface area contributed by atoms with Crippen molar-refractivity contribution in [3.8, 4) is 0 Å². The predicted octanol–water partition coefficient (Wildman–Crippen LogP) is 3.24. The summed E-state index contributed by atoms with van der Waals surface area (Å²) in [4.78, 5) is 0. The van der Waals surface area contributed by atoms with Gasteiger partial charge < -0.3 is 5.73 Å². The summed E-state index contributed by atoms with van der Waals surface area (Å²) in [5.74, 6) is -1.17. The maximum absolute atomic E-state index is 12.5. The third-order valence-corrected chi connectivity index (χ3v) is 3.09. The molecule has 0 bridgehead atoms. The summed E-state index contributed by atoms with van der Waals surface area (Å²) in [7, 11) is 0. The molecule has 1 aliphatic rings. The van der Waals surface area contributed by atoms with Gasteiger partial charge in [0.15, 0.2) is 0 Å². The van der Waals surface area contributed by atoms with Gasteiger partial charge in [0.05, 0.1) is 5.92 Å². The molecule has 2 N–H and O–H groups in total. The first-order valence-corrected chi connectivity index (χ1v) is 5.23. The fourth-order valence-electron chi connectivity index (χ4n) is 2.40. The van der Waals surface area contributed by atoms with Gasteiger partial charge in [0.25, 0.3) is 0 Å². The third-order valence-electron chi connectivity index (χ3n) is 3.09. The summed E-state index contributed by atoms with van der Waals surface area (Å²) in [5, 5.41) is 0. The summed E-state index contributed by atoms with van der Waals surface area (Å²) in [6, 6.07) is 0. The van der Waals surface area contributed by atoms with Gasteiger partial charge in [-0.25, -0.2) is 0 Å². The molecule has 2 unspecified atom stereocenters. The van der Waals surface area contributed by atoms with Crippen molar-refractivity contribution in [2.75, 3.05) is 0 Å². The SMILES string of the molecule is CCCC1(N)CCCC(C(F)(F)F)C1. The molecule has 1 fully saturated rings. The van der Waals surface area contributed by atoms with Gasteiger partial charge in [-0.15, -0.1) is 0 Å². The Labute approximate surface area is 82.9 Å². The van der Waals surface area contributed by atoms with E-state index in [4.69, 9.17) is 5.73 Å². The van der Waals surface area contributed by atoms with Crippen molar-refractivity contribution in [3.63, 3.8) is 0 Å². The van der Waals surface area contributed by atoms with E-state index in [1.165, 1.54) is 0 Å². The molecule has 0 aromatic rings. The fourth-order valence-corrected chi connectivity index (χ4v) is 2.40. The Hall–Kier alpha value is -0.250. The average molecular weight is 209 g/mol. The summed E-state index contributed by atoms with van der Waals surface area (Å²) in [6.45, 7) is 1.96. The zero-order chi connectivity index (χ0) is 10.8.